The summed E-state index contributed by atoms with van der Waals surface area (Å²) in [5, 5.41) is 10.4. The van der Waals surface area contributed by atoms with E-state index in [0.717, 1.165) is 24.0 Å². The van der Waals surface area contributed by atoms with Crippen molar-refractivity contribution < 1.29 is 19.4 Å². The smallest absolute Gasteiger partial charge is 0.411 e. The zero-order valence-electron chi connectivity index (χ0n) is 20.3. The molecule has 0 aromatic heterocycles. The van der Waals surface area contributed by atoms with Gasteiger partial charge in [-0.05, 0) is 66.7 Å². The number of hydrogen-bond donors (Lipinski definition) is 1. The minimum atomic E-state index is -1.26. The van der Waals surface area contributed by atoms with Crippen molar-refractivity contribution in [2.45, 2.75) is 71.4 Å². The van der Waals surface area contributed by atoms with Gasteiger partial charge < -0.3 is 9.84 Å². The quantitative estimate of drug-likeness (QED) is 0.580. The third-order valence-corrected chi connectivity index (χ3v) is 7.71. The molecule has 176 valence electrons. The third-order valence-electron chi connectivity index (χ3n) is 7.71. The average Bonchev–Trinajstić information content (AvgIpc) is 3.07. The SMILES string of the molecule is CC(C)N(C(=O)OCC1c2ccccc2-c2ccccc21)C1(C(=O)O)CCC(C)(C)CC1C. The van der Waals surface area contributed by atoms with Gasteiger partial charge in [0.1, 0.15) is 12.1 Å². The van der Waals surface area contributed by atoms with Crippen LogP contribution in [0.5, 0.6) is 0 Å². The molecule has 0 heterocycles. The number of carboxylic acid groups (broad SMARTS) is 1. The molecule has 1 amide bonds. The van der Waals surface area contributed by atoms with E-state index >= 15 is 0 Å². The van der Waals surface area contributed by atoms with Crippen molar-refractivity contribution in [2.75, 3.05) is 6.61 Å². The fourth-order valence-corrected chi connectivity index (χ4v) is 6.15. The monoisotopic (exact) mass is 449 g/mol. The van der Waals surface area contributed by atoms with Crippen molar-refractivity contribution in [3.63, 3.8) is 0 Å². The zero-order chi connectivity index (χ0) is 24.0. The molecule has 2 unspecified atom stereocenters. The lowest BCUT2D eigenvalue weighted by Gasteiger charge is -2.52. The predicted octanol–water partition coefficient (Wildman–Crippen LogP) is 6.32. The average molecular weight is 450 g/mol. The first-order valence-corrected chi connectivity index (χ1v) is 12.0. The molecule has 33 heavy (non-hydrogen) atoms. The number of nitrogens with zero attached hydrogens (tertiary/aromatic N) is 1. The molecule has 5 nitrogen and oxygen atoms in total. The largest absolute Gasteiger partial charge is 0.479 e. The Kier molecular flexibility index (Phi) is 6.02. The third kappa shape index (κ3) is 3.92. The Morgan fingerprint density at radius 3 is 2.06 bits per heavy atom. The van der Waals surface area contributed by atoms with E-state index < -0.39 is 17.6 Å². The van der Waals surface area contributed by atoms with Gasteiger partial charge in [-0.25, -0.2) is 9.59 Å². The molecule has 5 heteroatoms. The van der Waals surface area contributed by atoms with Crippen LogP contribution in [0.3, 0.4) is 0 Å². The van der Waals surface area contributed by atoms with Gasteiger partial charge >= 0.3 is 12.1 Å². The lowest BCUT2D eigenvalue weighted by molar-refractivity contribution is -0.161. The maximum absolute atomic E-state index is 13.5. The van der Waals surface area contributed by atoms with E-state index in [0.29, 0.717) is 6.42 Å². The van der Waals surface area contributed by atoms with Crippen LogP contribution >= 0.6 is 0 Å². The first-order valence-electron chi connectivity index (χ1n) is 12.0. The van der Waals surface area contributed by atoms with Gasteiger partial charge in [-0.15, -0.1) is 0 Å². The molecular formula is C28H35NO4. The summed E-state index contributed by atoms with van der Waals surface area (Å²) in [7, 11) is 0. The van der Waals surface area contributed by atoms with Crippen molar-refractivity contribution in [1.29, 1.82) is 0 Å². The first kappa shape index (κ1) is 23.3. The zero-order valence-corrected chi connectivity index (χ0v) is 20.3. The molecule has 0 spiro atoms. The number of carbonyl (C=O) groups is 2. The Hall–Kier alpha value is -2.82. The molecule has 2 aliphatic carbocycles. The summed E-state index contributed by atoms with van der Waals surface area (Å²) in [5.74, 6) is -1.17. The molecular weight excluding hydrogens is 414 g/mol. The van der Waals surface area contributed by atoms with Crippen LogP contribution in [0.15, 0.2) is 48.5 Å². The van der Waals surface area contributed by atoms with Crippen LogP contribution in [0, 0.1) is 11.3 Å². The van der Waals surface area contributed by atoms with Gasteiger partial charge in [0.15, 0.2) is 0 Å². The normalized spacial score (nSPS) is 23.6. The lowest BCUT2D eigenvalue weighted by atomic mass is 9.63. The number of aliphatic carboxylic acids is 1. The van der Waals surface area contributed by atoms with Crippen molar-refractivity contribution in [1.82, 2.24) is 4.90 Å². The van der Waals surface area contributed by atoms with Crippen LogP contribution in [-0.2, 0) is 9.53 Å². The van der Waals surface area contributed by atoms with E-state index in [4.69, 9.17) is 4.74 Å². The number of carbonyl (C=O) groups excluding carboxylic acids is 1. The van der Waals surface area contributed by atoms with Crippen LogP contribution in [0.2, 0.25) is 0 Å². The van der Waals surface area contributed by atoms with Crippen molar-refractivity contribution in [3.8, 4) is 11.1 Å². The number of amides is 1. The molecule has 0 bridgehead atoms. The van der Waals surface area contributed by atoms with Crippen LogP contribution in [0.1, 0.15) is 70.9 Å². The number of benzene rings is 2. The highest BCUT2D eigenvalue weighted by atomic mass is 16.6. The molecule has 2 aromatic carbocycles. The van der Waals surface area contributed by atoms with Crippen LogP contribution in [0.25, 0.3) is 11.1 Å². The Balaban J connectivity index is 1.61. The van der Waals surface area contributed by atoms with Gasteiger partial charge in [-0.3, -0.25) is 4.90 Å². The molecule has 0 radical (unpaired) electrons. The summed E-state index contributed by atoms with van der Waals surface area (Å²) in [5.41, 5.74) is 3.42. The van der Waals surface area contributed by atoms with Crippen molar-refractivity contribution in [2.24, 2.45) is 11.3 Å². The summed E-state index contributed by atoms with van der Waals surface area (Å²) < 4.78 is 5.92. The fraction of sp³-hybridized carbons (Fsp3) is 0.500. The van der Waals surface area contributed by atoms with Gasteiger partial charge in [0.25, 0.3) is 0 Å². The minimum absolute atomic E-state index is 0.0566. The van der Waals surface area contributed by atoms with E-state index in [1.807, 2.05) is 45.0 Å². The maximum atomic E-state index is 13.5. The standard InChI is InChI=1S/C28H35NO4/c1-18(2)29(28(25(30)31)15-14-27(4,5)16-19(28)3)26(32)33-17-24-22-12-8-6-10-20(22)21-11-7-9-13-23(21)24/h6-13,18-19,24H,14-17H2,1-5H3,(H,30,31). The molecule has 0 saturated heterocycles. The second-order valence-corrected chi connectivity index (χ2v) is 10.8. The number of fused-ring (bicyclic) bond motifs is 3. The van der Waals surface area contributed by atoms with E-state index in [1.165, 1.54) is 16.0 Å². The van der Waals surface area contributed by atoms with Crippen LogP contribution in [0.4, 0.5) is 4.79 Å². The summed E-state index contributed by atoms with van der Waals surface area (Å²) in [4.78, 5) is 27.7. The van der Waals surface area contributed by atoms with E-state index in [-0.39, 0.29) is 29.9 Å². The molecule has 1 fully saturated rings. The summed E-state index contributed by atoms with van der Waals surface area (Å²) in [6, 6.07) is 16.1. The van der Waals surface area contributed by atoms with Crippen molar-refractivity contribution in [3.05, 3.63) is 59.7 Å². The number of rotatable bonds is 5. The molecule has 2 aromatic rings. The molecule has 1 saturated carbocycles. The van der Waals surface area contributed by atoms with Gasteiger partial charge in [0.05, 0.1) is 0 Å². The summed E-state index contributed by atoms with van der Waals surface area (Å²) in [6.07, 6.45) is 1.39. The molecule has 2 aliphatic rings. The molecule has 0 aliphatic heterocycles. The lowest BCUT2D eigenvalue weighted by Crippen LogP contribution is -2.65. The number of hydrogen-bond acceptors (Lipinski definition) is 3. The van der Waals surface area contributed by atoms with E-state index in [9.17, 15) is 14.7 Å². The number of carboxylic acids is 1. The fourth-order valence-electron chi connectivity index (χ4n) is 6.15. The molecule has 2 atom stereocenters. The van der Waals surface area contributed by atoms with Gasteiger partial charge in [0.2, 0.25) is 0 Å². The van der Waals surface area contributed by atoms with Crippen molar-refractivity contribution >= 4 is 12.1 Å². The topological polar surface area (TPSA) is 66.8 Å². The Morgan fingerprint density at radius 2 is 1.58 bits per heavy atom. The number of ether oxygens (including phenoxy) is 1. The predicted molar refractivity (Wildman–Crippen MR) is 129 cm³/mol. The van der Waals surface area contributed by atoms with Crippen LogP contribution < -0.4 is 0 Å². The van der Waals surface area contributed by atoms with Gasteiger partial charge in [-0.1, -0.05) is 69.3 Å². The summed E-state index contributed by atoms with van der Waals surface area (Å²) >= 11 is 0. The second-order valence-electron chi connectivity index (χ2n) is 10.8. The molecule has 1 N–H and O–H groups in total. The molecule has 4 rings (SSSR count). The van der Waals surface area contributed by atoms with Gasteiger partial charge in [0, 0.05) is 12.0 Å². The highest BCUT2D eigenvalue weighted by Crippen LogP contribution is 2.48. The van der Waals surface area contributed by atoms with E-state index in [1.54, 1.807) is 0 Å². The minimum Gasteiger partial charge on any atom is -0.479 e. The van der Waals surface area contributed by atoms with E-state index in [2.05, 4.69) is 38.1 Å². The Labute approximate surface area is 196 Å². The maximum Gasteiger partial charge on any atom is 0.411 e. The Morgan fingerprint density at radius 1 is 1.03 bits per heavy atom. The highest BCUT2D eigenvalue weighted by molar-refractivity contribution is 5.85. The second kappa shape index (κ2) is 8.51. The summed E-state index contributed by atoms with van der Waals surface area (Å²) in [6.45, 7) is 10.2. The highest BCUT2D eigenvalue weighted by Gasteiger charge is 2.56. The van der Waals surface area contributed by atoms with Crippen LogP contribution in [-0.4, -0.2) is 40.3 Å². The Bertz CT molecular complexity index is 1010. The van der Waals surface area contributed by atoms with Gasteiger partial charge in [-0.2, -0.15) is 0 Å². The first-order chi connectivity index (χ1) is 15.6.